The first kappa shape index (κ1) is 22.2. The molecule has 0 aliphatic heterocycles. The van der Waals surface area contributed by atoms with Gasteiger partial charge in [0.1, 0.15) is 11.9 Å². The van der Waals surface area contributed by atoms with Gasteiger partial charge in [0.15, 0.2) is 18.1 Å². The van der Waals surface area contributed by atoms with Crippen LogP contribution in [0.1, 0.15) is 25.2 Å². The van der Waals surface area contributed by atoms with Crippen LogP contribution < -0.4 is 15.0 Å². The molecule has 2 aromatic carbocycles. The Hall–Kier alpha value is -2.45. The van der Waals surface area contributed by atoms with Gasteiger partial charge >= 0.3 is 0 Å². The molecule has 0 spiro atoms. The number of ether oxygens (including phenoxy) is 2. The summed E-state index contributed by atoms with van der Waals surface area (Å²) < 4.78 is 14.1. The fourth-order valence-electron chi connectivity index (χ4n) is 2.84. The second kappa shape index (κ2) is 10.0. The number of nitriles is 1. The minimum absolute atomic E-state index is 0.0723. The predicted molar refractivity (Wildman–Crippen MR) is 128 cm³/mol. The van der Waals surface area contributed by atoms with Crippen LogP contribution in [0.4, 0.5) is 0 Å². The van der Waals surface area contributed by atoms with Gasteiger partial charge in [-0.3, -0.25) is 4.79 Å². The van der Waals surface area contributed by atoms with Gasteiger partial charge in [0.2, 0.25) is 0 Å². The number of hydrogen-bond acceptors (Lipinski definition) is 6. The van der Waals surface area contributed by atoms with Crippen LogP contribution in [0.15, 0.2) is 44.7 Å². The monoisotopic (exact) mass is 580 g/mol. The molecule has 3 aromatic rings. The summed E-state index contributed by atoms with van der Waals surface area (Å²) in [6.07, 6.45) is 2.14. The van der Waals surface area contributed by atoms with Crippen molar-refractivity contribution < 1.29 is 9.47 Å². The number of aryl methyl sites for hydroxylation is 1. The molecular weight excluding hydrogens is 563 g/mol. The molecule has 0 radical (unpaired) electrons. The summed E-state index contributed by atoms with van der Waals surface area (Å²) in [5.74, 6) is 1.60. The lowest BCUT2D eigenvalue weighted by Gasteiger charge is -2.13. The van der Waals surface area contributed by atoms with Gasteiger partial charge in [-0.25, -0.2) is 4.98 Å². The molecule has 9 heteroatoms. The molecule has 1 aromatic heterocycles. The molecule has 0 aliphatic carbocycles. The lowest BCUT2D eigenvalue weighted by molar-refractivity contribution is 0.297. The highest BCUT2D eigenvalue weighted by molar-refractivity contribution is 14.1. The molecule has 0 saturated heterocycles. The number of rotatable bonds is 7. The Morgan fingerprint density at radius 2 is 2.10 bits per heavy atom. The number of nitrogens with zero attached hydrogens (tertiary/aromatic N) is 4. The summed E-state index contributed by atoms with van der Waals surface area (Å²) in [5, 5.41) is 13.7. The second-order valence-corrected chi connectivity index (χ2v) is 8.19. The zero-order valence-electron chi connectivity index (χ0n) is 16.4. The van der Waals surface area contributed by atoms with Crippen molar-refractivity contribution >= 4 is 55.6 Å². The summed E-state index contributed by atoms with van der Waals surface area (Å²) in [7, 11) is 0. The number of halogens is 2. The van der Waals surface area contributed by atoms with Crippen molar-refractivity contribution in [1.29, 1.82) is 5.26 Å². The summed E-state index contributed by atoms with van der Waals surface area (Å²) in [6, 6.07) is 11.0. The van der Waals surface area contributed by atoms with Gasteiger partial charge < -0.3 is 9.47 Å². The van der Waals surface area contributed by atoms with Gasteiger partial charge in [-0.15, -0.1) is 0 Å². The summed E-state index contributed by atoms with van der Waals surface area (Å²) in [6.45, 7) is 4.17. The predicted octanol–water partition coefficient (Wildman–Crippen LogP) is 4.51. The fraction of sp³-hybridized carbons (Fsp3) is 0.238. The first-order valence-electron chi connectivity index (χ1n) is 9.20. The van der Waals surface area contributed by atoms with E-state index in [1.165, 1.54) is 4.68 Å². The number of benzene rings is 2. The van der Waals surface area contributed by atoms with E-state index in [9.17, 15) is 4.79 Å². The van der Waals surface area contributed by atoms with Crippen molar-refractivity contribution in [3.8, 4) is 17.6 Å². The van der Waals surface area contributed by atoms with E-state index in [1.54, 1.807) is 18.3 Å². The largest absolute Gasteiger partial charge is 0.490 e. The van der Waals surface area contributed by atoms with Crippen molar-refractivity contribution in [3.05, 3.63) is 60.1 Å². The van der Waals surface area contributed by atoms with Crippen LogP contribution >= 0.6 is 38.5 Å². The highest BCUT2D eigenvalue weighted by Crippen LogP contribution is 2.33. The molecule has 7 nitrogen and oxygen atoms in total. The molecule has 30 heavy (non-hydrogen) atoms. The molecule has 0 bridgehead atoms. The molecule has 0 saturated carbocycles. The average molecular weight is 581 g/mol. The molecule has 1 heterocycles. The van der Waals surface area contributed by atoms with Crippen molar-refractivity contribution in [2.75, 3.05) is 13.2 Å². The first-order valence-corrected chi connectivity index (χ1v) is 11.1. The average Bonchev–Trinajstić information content (AvgIpc) is 2.73. The number of aromatic nitrogens is 2. The van der Waals surface area contributed by atoms with E-state index in [1.807, 2.05) is 38.1 Å². The Morgan fingerprint density at radius 3 is 2.80 bits per heavy atom. The molecule has 0 amide bonds. The van der Waals surface area contributed by atoms with Crippen LogP contribution in [0.2, 0.25) is 0 Å². The van der Waals surface area contributed by atoms with E-state index in [4.69, 9.17) is 14.7 Å². The Bertz CT molecular complexity index is 1220. The summed E-state index contributed by atoms with van der Waals surface area (Å²) in [5.41, 5.74) is 1.14. The van der Waals surface area contributed by atoms with E-state index in [0.717, 1.165) is 13.6 Å². The Kier molecular flexibility index (Phi) is 7.44. The quantitative estimate of drug-likeness (QED) is 0.303. The zero-order valence-corrected chi connectivity index (χ0v) is 20.1. The maximum absolute atomic E-state index is 13.0. The zero-order chi connectivity index (χ0) is 21.7. The molecular formula is C21H18BrIN4O3. The van der Waals surface area contributed by atoms with Crippen molar-refractivity contribution in [2.45, 2.75) is 20.3 Å². The van der Waals surface area contributed by atoms with Gasteiger partial charge in [-0.2, -0.15) is 15.0 Å². The molecule has 0 unspecified atom stereocenters. The smallest absolute Gasteiger partial charge is 0.282 e. The van der Waals surface area contributed by atoms with Crippen molar-refractivity contribution in [3.63, 3.8) is 0 Å². The lowest BCUT2D eigenvalue weighted by atomic mass is 10.2. The van der Waals surface area contributed by atoms with Crippen LogP contribution in [0.5, 0.6) is 11.5 Å². The van der Waals surface area contributed by atoms with Gasteiger partial charge in [0.25, 0.3) is 5.56 Å². The third kappa shape index (κ3) is 4.82. The van der Waals surface area contributed by atoms with E-state index in [2.05, 4.69) is 48.6 Å². The molecule has 0 fully saturated rings. The number of fused-ring (bicyclic) bond motifs is 1. The van der Waals surface area contributed by atoms with Crippen LogP contribution in [0.3, 0.4) is 0 Å². The maximum Gasteiger partial charge on any atom is 0.282 e. The first-order chi connectivity index (χ1) is 14.5. The molecule has 0 atom stereocenters. The topological polar surface area (TPSA) is 89.5 Å². The number of hydrogen-bond donors (Lipinski definition) is 0. The normalized spacial score (nSPS) is 11.0. The van der Waals surface area contributed by atoms with Crippen LogP contribution in [-0.4, -0.2) is 29.1 Å². The van der Waals surface area contributed by atoms with E-state index in [0.29, 0.717) is 41.3 Å². The van der Waals surface area contributed by atoms with Gasteiger partial charge in [0.05, 0.1) is 27.3 Å². The van der Waals surface area contributed by atoms with Crippen molar-refractivity contribution in [1.82, 2.24) is 9.66 Å². The van der Waals surface area contributed by atoms with Crippen LogP contribution in [0, 0.1) is 14.9 Å². The maximum atomic E-state index is 13.0. The highest BCUT2D eigenvalue weighted by Gasteiger charge is 2.13. The minimum Gasteiger partial charge on any atom is -0.490 e. The van der Waals surface area contributed by atoms with E-state index < -0.39 is 0 Å². The Labute approximate surface area is 195 Å². The standard InChI is InChI=1S/C21H18BrIN4O3/c1-3-19-26-17-6-5-14(22)11-15(17)21(28)27(19)25-12-13-9-16(23)20(30-8-7-24)18(10-13)29-4-2/h5-6,9-12H,3-4,8H2,1-2H3. The summed E-state index contributed by atoms with van der Waals surface area (Å²) >= 11 is 5.52. The lowest BCUT2D eigenvalue weighted by Crippen LogP contribution is -2.22. The minimum atomic E-state index is -0.233. The third-order valence-electron chi connectivity index (χ3n) is 4.13. The van der Waals surface area contributed by atoms with Crippen LogP contribution in [0.25, 0.3) is 10.9 Å². The van der Waals surface area contributed by atoms with Crippen LogP contribution in [-0.2, 0) is 6.42 Å². The van der Waals surface area contributed by atoms with Gasteiger partial charge in [-0.05, 0) is 65.4 Å². The van der Waals surface area contributed by atoms with Crippen molar-refractivity contribution in [2.24, 2.45) is 5.10 Å². The SMILES string of the molecule is CCOc1cc(C=Nn2c(CC)nc3ccc(Br)cc3c2=O)cc(I)c1OCC#N. The van der Waals surface area contributed by atoms with Gasteiger partial charge in [-0.1, -0.05) is 22.9 Å². The summed E-state index contributed by atoms with van der Waals surface area (Å²) in [4.78, 5) is 17.6. The second-order valence-electron chi connectivity index (χ2n) is 6.11. The van der Waals surface area contributed by atoms with E-state index in [-0.39, 0.29) is 12.2 Å². The Balaban J connectivity index is 2.07. The molecule has 3 rings (SSSR count). The molecule has 154 valence electrons. The fourth-order valence-corrected chi connectivity index (χ4v) is 3.98. The highest BCUT2D eigenvalue weighted by atomic mass is 127. The molecule has 0 N–H and O–H groups in total. The Morgan fingerprint density at radius 1 is 1.30 bits per heavy atom. The van der Waals surface area contributed by atoms with Gasteiger partial charge in [0, 0.05) is 10.9 Å². The third-order valence-corrected chi connectivity index (χ3v) is 5.42. The van der Waals surface area contributed by atoms with E-state index >= 15 is 0 Å². The molecule has 0 aliphatic rings.